The number of anilines is 1. The first-order chi connectivity index (χ1) is 13.6. The number of nitrogens with one attached hydrogen (secondary N) is 1. The summed E-state index contributed by atoms with van der Waals surface area (Å²) in [6.07, 6.45) is 1.37. The number of hydrogen-bond acceptors (Lipinski definition) is 5. The molecule has 2 aromatic rings. The number of piperidine rings is 1. The van der Waals surface area contributed by atoms with Gasteiger partial charge >= 0.3 is 0 Å². The van der Waals surface area contributed by atoms with Gasteiger partial charge in [-0.25, -0.2) is 4.98 Å². The number of aromatic nitrogens is 1. The number of fused-ring (bicyclic) bond motifs is 2. The molecule has 6 nitrogen and oxygen atoms in total. The summed E-state index contributed by atoms with van der Waals surface area (Å²) in [4.78, 5) is 45.3. The van der Waals surface area contributed by atoms with Crippen molar-refractivity contribution in [2.45, 2.75) is 40.5 Å². The number of benzene rings is 1. The van der Waals surface area contributed by atoms with Crippen molar-refractivity contribution < 1.29 is 14.4 Å². The Bertz CT molecular complexity index is 998. The third-order valence-electron chi connectivity index (χ3n) is 6.90. The van der Waals surface area contributed by atoms with Crippen LogP contribution in [0, 0.1) is 23.7 Å². The molecule has 2 bridgehead atoms. The van der Waals surface area contributed by atoms with E-state index in [0.29, 0.717) is 18.0 Å². The van der Waals surface area contributed by atoms with Gasteiger partial charge in [-0.3, -0.25) is 19.3 Å². The first kappa shape index (κ1) is 19.8. The van der Waals surface area contributed by atoms with E-state index in [-0.39, 0.29) is 29.7 Å². The minimum Gasteiger partial charge on any atom is -0.300 e. The summed E-state index contributed by atoms with van der Waals surface area (Å²) >= 11 is 1.38. The number of aryl methyl sites for hydroxylation is 1. The van der Waals surface area contributed by atoms with Crippen LogP contribution in [0.2, 0.25) is 0 Å². The summed E-state index contributed by atoms with van der Waals surface area (Å²) in [5.74, 6) is -1.09. The van der Waals surface area contributed by atoms with Crippen LogP contribution in [0.5, 0.6) is 0 Å². The zero-order valence-electron chi connectivity index (χ0n) is 17.1. The first-order valence-corrected chi connectivity index (χ1v) is 10.7. The predicted octanol–water partition coefficient (Wildman–Crippen LogP) is 3.87. The number of thiazole rings is 1. The molecule has 2 atom stereocenters. The third kappa shape index (κ3) is 2.99. The van der Waals surface area contributed by atoms with Crippen molar-refractivity contribution in [1.82, 2.24) is 9.88 Å². The first-order valence-electron chi connectivity index (χ1n) is 9.83. The van der Waals surface area contributed by atoms with E-state index < -0.39 is 11.3 Å². The average molecular weight is 412 g/mol. The highest BCUT2D eigenvalue weighted by atomic mass is 32.1. The van der Waals surface area contributed by atoms with E-state index in [0.717, 1.165) is 21.0 Å². The van der Waals surface area contributed by atoms with E-state index >= 15 is 0 Å². The Balaban J connectivity index is 1.50. The summed E-state index contributed by atoms with van der Waals surface area (Å²) < 4.78 is 0. The Kier molecular flexibility index (Phi) is 4.61. The number of carbonyl (C=O) groups excluding carboxylic acids is 3. The Labute approximate surface area is 174 Å². The minimum absolute atomic E-state index is 0.218. The molecule has 4 rings (SSSR count). The fourth-order valence-corrected chi connectivity index (χ4v) is 5.52. The number of hydrogen-bond donors (Lipinski definition) is 1. The van der Waals surface area contributed by atoms with E-state index in [9.17, 15) is 14.4 Å². The summed E-state index contributed by atoms with van der Waals surface area (Å²) in [6.45, 7) is 7.58. The lowest BCUT2D eigenvalue weighted by atomic mass is 9.62. The molecule has 7 heteroatoms. The zero-order chi connectivity index (χ0) is 21.0. The summed E-state index contributed by atoms with van der Waals surface area (Å²) in [5, 5.41) is 3.24. The van der Waals surface area contributed by atoms with Crippen LogP contribution in [-0.2, 0) is 14.4 Å². The molecule has 1 aliphatic heterocycles. The van der Waals surface area contributed by atoms with E-state index in [2.05, 4.69) is 10.3 Å². The van der Waals surface area contributed by atoms with Gasteiger partial charge in [-0.2, -0.15) is 0 Å². The zero-order valence-corrected chi connectivity index (χ0v) is 17.9. The van der Waals surface area contributed by atoms with Gasteiger partial charge in [0.1, 0.15) is 6.54 Å². The number of nitrogens with zero attached hydrogens (tertiary/aromatic N) is 2. The smallest absolute Gasteiger partial charge is 0.246 e. The quantitative estimate of drug-likeness (QED) is 0.775. The van der Waals surface area contributed by atoms with Crippen LogP contribution in [-0.4, -0.2) is 34.2 Å². The van der Waals surface area contributed by atoms with Crippen LogP contribution in [0.15, 0.2) is 30.3 Å². The second-order valence-electron chi connectivity index (χ2n) is 8.71. The van der Waals surface area contributed by atoms with Crippen molar-refractivity contribution in [3.05, 3.63) is 35.2 Å². The average Bonchev–Trinajstić information content (AvgIpc) is 3.13. The third-order valence-corrected chi connectivity index (χ3v) is 7.79. The molecule has 0 spiro atoms. The minimum atomic E-state index is -0.607. The van der Waals surface area contributed by atoms with Crippen molar-refractivity contribution in [2.75, 3.05) is 11.9 Å². The van der Waals surface area contributed by atoms with Gasteiger partial charge in [0.25, 0.3) is 0 Å². The molecule has 1 saturated carbocycles. The van der Waals surface area contributed by atoms with Crippen LogP contribution < -0.4 is 5.32 Å². The molecule has 3 amide bonds. The maximum atomic E-state index is 13.1. The number of imide groups is 1. The molecule has 1 aromatic heterocycles. The van der Waals surface area contributed by atoms with E-state index in [1.807, 2.05) is 58.0 Å². The Morgan fingerprint density at radius 2 is 1.93 bits per heavy atom. The van der Waals surface area contributed by atoms with Crippen molar-refractivity contribution in [1.29, 1.82) is 0 Å². The molecule has 2 heterocycles. The van der Waals surface area contributed by atoms with Crippen molar-refractivity contribution in [2.24, 2.45) is 16.7 Å². The summed E-state index contributed by atoms with van der Waals surface area (Å²) in [6, 6.07) is 9.76. The lowest BCUT2D eigenvalue weighted by Gasteiger charge is -2.47. The van der Waals surface area contributed by atoms with Gasteiger partial charge in [0.2, 0.25) is 17.7 Å². The maximum Gasteiger partial charge on any atom is 0.246 e. The van der Waals surface area contributed by atoms with E-state index in [4.69, 9.17) is 0 Å². The predicted molar refractivity (Wildman–Crippen MR) is 112 cm³/mol. The molecule has 0 radical (unpaired) electrons. The molecule has 1 saturated heterocycles. The fourth-order valence-electron chi connectivity index (χ4n) is 4.67. The lowest BCUT2D eigenvalue weighted by molar-refractivity contribution is -0.168. The van der Waals surface area contributed by atoms with Gasteiger partial charge in [-0.15, -0.1) is 11.3 Å². The standard InChI is InChI=1S/C22H25N3O3S/c1-13-17(14-8-6-5-7-9-14)24-20(29-13)23-16(26)12-25-18(27)15-10-11-22(4,19(25)28)21(15,2)3/h5-9,15H,10-12H2,1-4H3,(H,23,24,26). The molecule has 152 valence electrons. The molecule has 2 fully saturated rings. The van der Waals surface area contributed by atoms with Crippen LogP contribution in [0.4, 0.5) is 5.13 Å². The monoisotopic (exact) mass is 411 g/mol. The van der Waals surface area contributed by atoms with E-state index in [1.165, 1.54) is 11.3 Å². The van der Waals surface area contributed by atoms with Gasteiger partial charge in [0.15, 0.2) is 5.13 Å². The number of rotatable bonds is 4. The van der Waals surface area contributed by atoms with Crippen molar-refractivity contribution in [3.8, 4) is 11.3 Å². The topological polar surface area (TPSA) is 79.4 Å². The largest absolute Gasteiger partial charge is 0.300 e. The lowest BCUT2D eigenvalue weighted by Crippen LogP contribution is -2.60. The van der Waals surface area contributed by atoms with Crippen molar-refractivity contribution >= 4 is 34.2 Å². The molecule has 1 aliphatic carbocycles. The van der Waals surface area contributed by atoms with Gasteiger partial charge in [-0.05, 0) is 25.2 Å². The Morgan fingerprint density at radius 3 is 2.62 bits per heavy atom. The van der Waals surface area contributed by atoms with E-state index in [1.54, 1.807) is 0 Å². The second kappa shape index (κ2) is 6.76. The van der Waals surface area contributed by atoms with Gasteiger partial charge < -0.3 is 5.32 Å². The molecule has 1 aromatic carbocycles. The van der Waals surface area contributed by atoms with Crippen LogP contribution in [0.3, 0.4) is 0 Å². The Hall–Kier alpha value is -2.54. The van der Waals surface area contributed by atoms with Crippen LogP contribution in [0.25, 0.3) is 11.3 Å². The van der Waals surface area contributed by atoms with Gasteiger partial charge in [0.05, 0.1) is 11.1 Å². The highest BCUT2D eigenvalue weighted by Gasteiger charge is 2.64. The second-order valence-corrected chi connectivity index (χ2v) is 9.92. The SMILES string of the molecule is Cc1sc(NC(=O)CN2C(=O)C3CCC(C)(C2=O)C3(C)C)nc1-c1ccccc1. The summed E-state index contributed by atoms with van der Waals surface area (Å²) in [5.41, 5.74) is 0.813. The van der Waals surface area contributed by atoms with Crippen molar-refractivity contribution in [3.63, 3.8) is 0 Å². The molecular weight excluding hydrogens is 386 g/mol. The number of carbonyl (C=O) groups is 3. The maximum absolute atomic E-state index is 13.1. The highest BCUT2D eigenvalue weighted by Crippen LogP contribution is 2.59. The molecule has 29 heavy (non-hydrogen) atoms. The van der Waals surface area contributed by atoms with Gasteiger partial charge in [0, 0.05) is 16.4 Å². The Morgan fingerprint density at radius 1 is 1.24 bits per heavy atom. The highest BCUT2D eigenvalue weighted by molar-refractivity contribution is 7.16. The van der Waals surface area contributed by atoms with Gasteiger partial charge in [-0.1, -0.05) is 51.1 Å². The summed E-state index contributed by atoms with van der Waals surface area (Å²) in [7, 11) is 0. The van der Waals surface area contributed by atoms with Crippen LogP contribution in [0.1, 0.15) is 38.5 Å². The fraction of sp³-hybridized carbons (Fsp3) is 0.455. The molecule has 2 aliphatic rings. The van der Waals surface area contributed by atoms with Crippen LogP contribution >= 0.6 is 11.3 Å². The number of likely N-dealkylation sites (tertiary alicyclic amines) is 1. The molecule has 2 unspecified atom stereocenters. The molecule has 1 N–H and O–H groups in total. The normalized spacial score (nSPS) is 25.4. The molecular formula is C22H25N3O3S. The number of amides is 3.